The number of piperazine rings is 2. The van der Waals surface area contributed by atoms with Crippen LogP contribution in [0.25, 0.3) is 0 Å². The second kappa shape index (κ2) is 16.5. The third-order valence-electron chi connectivity index (χ3n) is 6.59. The highest BCUT2D eigenvalue weighted by Gasteiger charge is 2.34. The Labute approximate surface area is 236 Å². The first kappa shape index (κ1) is 34.6. The molecule has 34 heavy (non-hydrogen) atoms. The second-order valence-electron chi connectivity index (χ2n) is 8.97. The molecule has 4 aliphatic rings. The Balaban J connectivity index is 0.00000272. The molecule has 0 aromatic heterocycles. The predicted molar refractivity (Wildman–Crippen MR) is 152 cm³/mol. The summed E-state index contributed by atoms with van der Waals surface area (Å²) in [7, 11) is 3.10. The van der Waals surface area contributed by atoms with Gasteiger partial charge in [-0.25, -0.2) is 0 Å². The maximum absolute atomic E-state index is 12.6. The van der Waals surface area contributed by atoms with Crippen LogP contribution in [0.2, 0.25) is 0 Å². The van der Waals surface area contributed by atoms with Crippen molar-refractivity contribution in [1.82, 2.24) is 19.6 Å². The summed E-state index contributed by atoms with van der Waals surface area (Å²) in [6.07, 6.45) is 5.23. The Hall–Kier alpha value is 0.640. The highest BCUT2D eigenvalue weighted by molar-refractivity contribution is 8.76. The molecule has 0 aromatic carbocycles. The molecule has 2 saturated heterocycles. The second-order valence-corrected chi connectivity index (χ2v) is 11.5. The topological polar surface area (TPSA) is 99.1 Å². The van der Waals surface area contributed by atoms with Gasteiger partial charge in [0, 0.05) is 75.9 Å². The molecule has 0 spiro atoms. The van der Waals surface area contributed by atoms with Crippen LogP contribution in [0.15, 0.2) is 0 Å². The smallest absolute Gasteiger partial charge is 0.240 e. The van der Waals surface area contributed by atoms with Crippen LogP contribution in [0.5, 0.6) is 0 Å². The molecule has 0 aromatic rings. The van der Waals surface area contributed by atoms with Crippen LogP contribution in [-0.2, 0) is 9.59 Å². The van der Waals surface area contributed by atoms with Gasteiger partial charge in [0.1, 0.15) is 0 Å². The van der Waals surface area contributed by atoms with Gasteiger partial charge < -0.3 is 21.3 Å². The molecule has 2 amide bonds. The van der Waals surface area contributed by atoms with Crippen LogP contribution in [0, 0.1) is 0 Å². The van der Waals surface area contributed by atoms with Crippen molar-refractivity contribution in [2.45, 2.75) is 49.9 Å². The summed E-state index contributed by atoms with van der Waals surface area (Å²) in [5, 5.41) is 0. The average molecular weight is 603 g/mol. The predicted octanol–water partition coefficient (Wildman–Crippen LogP) is 1.32. The van der Waals surface area contributed by atoms with Gasteiger partial charge in [-0.05, 0) is 25.7 Å². The fourth-order valence-electron chi connectivity index (χ4n) is 4.35. The summed E-state index contributed by atoms with van der Waals surface area (Å²) in [5.74, 6) is 1.19. The molecular formula is C20H40Cl4N6O2S2. The minimum absolute atomic E-state index is 0. The Morgan fingerprint density at radius 1 is 0.618 bits per heavy atom. The van der Waals surface area contributed by atoms with Gasteiger partial charge in [0.05, 0.1) is 12.1 Å². The SMILES string of the molecule is Cl.Cl.Cl.Cl.N[C@@H](CSSC[C@H](N)C(=O)N1CCN(C2CC2)CC1)C(=O)N1CCN(C2CC2)CC1. The summed E-state index contributed by atoms with van der Waals surface area (Å²) in [6, 6.07) is 0.545. The Kier molecular flexibility index (Phi) is 16.8. The van der Waals surface area contributed by atoms with E-state index in [2.05, 4.69) is 9.80 Å². The van der Waals surface area contributed by atoms with E-state index in [1.807, 2.05) is 9.80 Å². The monoisotopic (exact) mass is 600 g/mol. The Morgan fingerprint density at radius 3 is 1.18 bits per heavy atom. The Morgan fingerprint density at radius 2 is 0.912 bits per heavy atom. The van der Waals surface area contributed by atoms with Crippen molar-refractivity contribution in [1.29, 1.82) is 0 Å². The van der Waals surface area contributed by atoms with Crippen LogP contribution in [-0.4, -0.2) is 119 Å². The molecule has 2 aliphatic carbocycles. The lowest BCUT2D eigenvalue weighted by molar-refractivity contribution is -0.134. The van der Waals surface area contributed by atoms with Crippen LogP contribution in [0.3, 0.4) is 0 Å². The number of rotatable bonds is 9. The van der Waals surface area contributed by atoms with Crippen molar-refractivity contribution in [2.75, 3.05) is 63.9 Å². The fourth-order valence-corrected chi connectivity index (χ4v) is 6.58. The number of amides is 2. The lowest BCUT2D eigenvalue weighted by atomic mass is 10.2. The average Bonchev–Trinajstić information content (AvgIpc) is 3.68. The zero-order chi connectivity index (χ0) is 21.1. The molecule has 4 rings (SSSR count). The largest absolute Gasteiger partial charge is 0.339 e. The maximum atomic E-state index is 12.6. The first-order chi connectivity index (χ1) is 14.5. The summed E-state index contributed by atoms with van der Waals surface area (Å²) >= 11 is 0. The molecule has 14 heteroatoms. The zero-order valence-corrected chi connectivity index (χ0v) is 24.3. The van der Waals surface area contributed by atoms with E-state index >= 15 is 0 Å². The van der Waals surface area contributed by atoms with E-state index in [9.17, 15) is 9.59 Å². The summed E-state index contributed by atoms with van der Waals surface area (Å²) < 4.78 is 0. The van der Waals surface area contributed by atoms with Gasteiger partial charge >= 0.3 is 0 Å². The molecule has 0 radical (unpaired) electrons. The van der Waals surface area contributed by atoms with E-state index < -0.39 is 12.1 Å². The molecule has 0 bridgehead atoms. The molecule has 4 fully saturated rings. The van der Waals surface area contributed by atoms with Crippen molar-refractivity contribution in [3.63, 3.8) is 0 Å². The van der Waals surface area contributed by atoms with Crippen molar-refractivity contribution in [3.05, 3.63) is 0 Å². The molecular weight excluding hydrogens is 562 g/mol. The summed E-state index contributed by atoms with van der Waals surface area (Å²) in [6.45, 7) is 7.02. The normalized spacial score (nSPS) is 22.9. The van der Waals surface area contributed by atoms with Crippen molar-refractivity contribution in [3.8, 4) is 0 Å². The van der Waals surface area contributed by atoms with Gasteiger partial charge in [-0.1, -0.05) is 21.6 Å². The zero-order valence-electron chi connectivity index (χ0n) is 19.4. The molecule has 2 saturated carbocycles. The van der Waals surface area contributed by atoms with Crippen molar-refractivity contribution >= 4 is 83.0 Å². The van der Waals surface area contributed by atoms with E-state index in [4.69, 9.17) is 11.5 Å². The summed E-state index contributed by atoms with van der Waals surface area (Å²) in [4.78, 5) is 34.0. The Bertz CT molecular complexity index is 568. The fraction of sp³-hybridized carbons (Fsp3) is 0.900. The van der Waals surface area contributed by atoms with Crippen LogP contribution in [0.4, 0.5) is 0 Å². The summed E-state index contributed by atoms with van der Waals surface area (Å²) in [5.41, 5.74) is 12.3. The minimum Gasteiger partial charge on any atom is -0.339 e. The molecule has 202 valence electrons. The number of halogens is 4. The van der Waals surface area contributed by atoms with Gasteiger partial charge in [0.25, 0.3) is 0 Å². The van der Waals surface area contributed by atoms with Gasteiger partial charge in [0.15, 0.2) is 0 Å². The number of carbonyl (C=O) groups is 2. The minimum atomic E-state index is -0.489. The maximum Gasteiger partial charge on any atom is 0.240 e. The van der Waals surface area contributed by atoms with Gasteiger partial charge in [-0.15, -0.1) is 49.6 Å². The van der Waals surface area contributed by atoms with Crippen molar-refractivity contribution < 1.29 is 9.59 Å². The van der Waals surface area contributed by atoms with Crippen LogP contribution >= 0.6 is 71.2 Å². The quantitative estimate of drug-likeness (QED) is 0.302. The third kappa shape index (κ3) is 9.84. The van der Waals surface area contributed by atoms with E-state index in [1.165, 1.54) is 25.7 Å². The van der Waals surface area contributed by atoms with Crippen LogP contribution in [0.1, 0.15) is 25.7 Å². The lowest BCUT2D eigenvalue weighted by Crippen LogP contribution is -2.54. The number of hydrogen-bond donors (Lipinski definition) is 2. The van der Waals surface area contributed by atoms with Crippen LogP contribution < -0.4 is 11.5 Å². The highest BCUT2D eigenvalue weighted by Crippen LogP contribution is 2.29. The molecule has 8 nitrogen and oxygen atoms in total. The standard InChI is InChI=1S/C20H36N6O2S2.4ClH/c21-17(19(27)25-9-5-23(6-10-25)15-1-2-15)13-29-30-14-18(22)20(28)26-11-7-24(8-12-26)16-3-4-16;;;;/h15-18H,1-14,21-22H2;4*1H/t17-,18-;;;;/m0..../s1. The molecule has 0 unspecified atom stereocenters. The van der Waals surface area contributed by atoms with E-state index in [0.29, 0.717) is 11.5 Å². The van der Waals surface area contributed by atoms with Gasteiger partial charge in [-0.2, -0.15) is 0 Å². The first-order valence-electron chi connectivity index (χ1n) is 11.3. The van der Waals surface area contributed by atoms with Gasteiger partial charge in [-0.3, -0.25) is 19.4 Å². The van der Waals surface area contributed by atoms with Crippen molar-refractivity contribution in [2.24, 2.45) is 11.5 Å². The number of hydrogen-bond acceptors (Lipinski definition) is 8. The molecule has 2 heterocycles. The first-order valence-corrected chi connectivity index (χ1v) is 13.8. The number of nitrogens with two attached hydrogens (primary N) is 2. The van der Waals surface area contributed by atoms with E-state index in [1.54, 1.807) is 21.6 Å². The third-order valence-corrected chi connectivity index (χ3v) is 9.06. The molecule has 2 atom stereocenters. The highest BCUT2D eigenvalue weighted by atomic mass is 35.5. The number of nitrogens with zero attached hydrogens (tertiary/aromatic N) is 4. The van der Waals surface area contributed by atoms with E-state index in [-0.39, 0.29) is 61.4 Å². The number of carbonyl (C=O) groups excluding carboxylic acids is 2. The molecule has 4 N–H and O–H groups in total. The molecule has 2 aliphatic heterocycles. The lowest BCUT2D eigenvalue weighted by Gasteiger charge is -2.36. The van der Waals surface area contributed by atoms with E-state index in [0.717, 1.165) is 64.4 Å². The van der Waals surface area contributed by atoms with Gasteiger partial charge in [0.2, 0.25) is 11.8 Å².